The standard InChI is InChI=1S/C18H14Cl2N2O2/c1-11(12-5-3-2-4-6-12)21-17(23)16-10-24-18(22-16)13-7-8-14(19)15(20)9-13/h2-11H,1H3,(H,21,23). The van der Waals surface area contributed by atoms with Crippen molar-refractivity contribution < 1.29 is 9.21 Å². The molecule has 0 radical (unpaired) electrons. The minimum atomic E-state index is -0.304. The average molecular weight is 361 g/mol. The zero-order chi connectivity index (χ0) is 17.1. The normalized spacial score (nSPS) is 12.0. The summed E-state index contributed by atoms with van der Waals surface area (Å²) in [5, 5.41) is 3.73. The van der Waals surface area contributed by atoms with E-state index in [1.807, 2.05) is 37.3 Å². The first-order chi connectivity index (χ1) is 11.5. The fraction of sp³-hybridized carbons (Fsp3) is 0.111. The highest BCUT2D eigenvalue weighted by atomic mass is 35.5. The molecule has 2 aromatic carbocycles. The summed E-state index contributed by atoms with van der Waals surface area (Å²) in [6.07, 6.45) is 1.32. The fourth-order valence-electron chi connectivity index (χ4n) is 2.24. The van der Waals surface area contributed by atoms with Crippen LogP contribution in [0, 0.1) is 0 Å². The summed E-state index contributed by atoms with van der Waals surface area (Å²) < 4.78 is 5.38. The van der Waals surface area contributed by atoms with Crippen molar-refractivity contribution >= 4 is 29.1 Å². The molecule has 3 rings (SSSR count). The molecule has 0 fully saturated rings. The van der Waals surface area contributed by atoms with E-state index in [4.69, 9.17) is 27.6 Å². The van der Waals surface area contributed by atoms with Crippen LogP contribution in [0.4, 0.5) is 0 Å². The number of oxazole rings is 1. The fourth-order valence-corrected chi connectivity index (χ4v) is 2.53. The van der Waals surface area contributed by atoms with Crippen LogP contribution in [0.1, 0.15) is 29.0 Å². The van der Waals surface area contributed by atoms with Crippen molar-refractivity contribution in [2.24, 2.45) is 0 Å². The van der Waals surface area contributed by atoms with Gasteiger partial charge in [0.05, 0.1) is 16.1 Å². The number of carbonyl (C=O) groups is 1. The number of amides is 1. The molecule has 1 aromatic heterocycles. The second kappa shape index (κ2) is 7.07. The summed E-state index contributed by atoms with van der Waals surface area (Å²) in [7, 11) is 0. The smallest absolute Gasteiger partial charge is 0.273 e. The Balaban J connectivity index is 1.75. The van der Waals surface area contributed by atoms with Crippen molar-refractivity contribution in [3.63, 3.8) is 0 Å². The molecule has 0 bridgehead atoms. The molecular formula is C18H14Cl2N2O2. The van der Waals surface area contributed by atoms with E-state index in [1.54, 1.807) is 18.2 Å². The summed E-state index contributed by atoms with van der Waals surface area (Å²) in [4.78, 5) is 16.5. The van der Waals surface area contributed by atoms with Gasteiger partial charge in [0.2, 0.25) is 5.89 Å². The van der Waals surface area contributed by atoms with Crippen LogP contribution in [0.5, 0.6) is 0 Å². The predicted molar refractivity (Wildman–Crippen MR) is 94.3 cm³/mol. The van der Waals surface area contributed by atoms with Crippen molar-refractivity contribution in [1.29, 1.82) is 0 Å². The van der Waals surface area contributed by atoms with Crippen LogP contribution < -0.4 is 5.32 Å². The molecular weight excluding hydrogens is 347 g/mol. The maximum atomic E-state index is 12.3. The highest BCUT2D eigenvalue weighted by Gasteiger charge is 2.16. The molecule has 1 unspecified atom stereocenters. The van der Waals surface area contributed by atoms with Gasteiger partial charge in [-0.15, -0.1) is 0 Å². The van der Waals surface area contributed by atoms with Crippen molar-refractivity contribution in [2.75, 3.05) is 0 Å². The number of carbonyl (C=O) groups excluding carboxylic acids is 1. The number of halogens is 2. The van der Waals surface area contributed by atoms with Gasteiger partial charge in [-0.3, -0.25) is 4.79 Å². The van der Waals surface area contributed by atoms with E-state index >= 15 is 0 Å². The Morgan fingerprint density at radius 1 is 1.12 bits per heavy atom. The van der Waals surface area contributed by atoms with E-state index in [-0.39, 0.29) is 17.6 Å². The van der Waals surface area contributed by atoms with E-state index in [9.17, 15) is 4.79 Å². The molecule has 4 nitrogen and oxygen atoms in total. The Bertz CT molecular complexity index is 862. The molecule has 1 N–H and O–H groups in total. The van der Waals surface area contributed by atoms with Gasteiger partial charge in [-0.05, 0) is 30.7 Å². The number of hydrogen-bond donors (Lipinski definition) is 1. The van der Waals surface area contributed by atoms with Gasteiger partial charge in [0.15, 0.2) is 5.69 Å². The molecule has 1 heterocycles. The molecule has 1 amide bonds. The van der Waals surface area contributed by atoms with Crippen molar-refractivity contribution in [1.82, 2.24) is 10.3 Å². The molecule has 0 saturated carbocycles. The van der Waals surface area contributed by atoms with Crippen LogP contribution >= 0.6 is 23.2 Å². The van der Waals surface area contributed by atoms with E-state index in [2.05, 4.69) is 10.3 Å². The Kier molecular flexibility index (Phi) is 4.88. The van der Waals surface area contributed by atoms with Crippen LogP contribution in [0.25, 0.3) is 11.5 Å². The monoisotopic (exact) mass is 360 g/mol. The Morgan fingerprint density at radius 3 is 2.58 bits per heavy atom. The molecule has 122 valence electrons. The maximum absolute atomic E-state index is 12.3. The average Bonchev–Trinajstić information content (AvgIpc) is 3.08. The minimum Gasteiger partial charge on any atom is -0.444 e. The van der Waals surface area contributed by atoms with E-state index in [0.717, 1.165) is 5.56 Å². The zero-order valence-corrected chi connectivity index (χ0v) is 14.3. The zero-order valence-electron chi connectivity index (χ0n) is 12.8. The summed E-state index contributed by atoms with van der Waals surface area (Å²) in [6, 6.07) is 14.6. The second-order valence-electron chi connectivity index (χ2n) is 5.27. The first-order valence-electron chi connectivity index (χ1n) is 7.31. The summed E-state index contributed by atoms with van der Waals surface area (Å²) in [6.45, 7) is 1.91. The molecule has 0 spiro atoms. The third-order valence-electron chi connectivity index (χ3n) is 3.55. The van der Waals surface area contributed by atoms with Crippen molar-refractivity contribution in [3.05, 3.63) is 76.1 Å². The molecule has 1 atom stereocenters. The maximum Gasteiger partial charge on any atom is 0.273 e. The largest absolute Gasteiger partial charge is 0.444 e. The summed E-state index contributed by atoms with van der Waals surface area (Å²) in [5.41, 5.74) is 1.87. The van der Waals surface area contributed by atoms with Crippen LogP contribution in [0.2, 0.25) is 10.0 Å². The first kappa shape index (κ1) is 16.6. The predicted octanol–water partition coefficient (Wildman–Crippen LogP) is 5.14. The number of benzene rings is 2. The van der Waals surface area contributed by atoms with Gasteiger partial charge in [-0.2, -0.15) is 0 Å². The lowest BCUT2D eigenvalue weighted by molar-refractivity contribution is 0.0935. The summed E-state index contributed by atoms with van der Waals surface area (Å²) in [5.74, 6) is 0.00694. The van der Waals surface area contributed by atoms with Gasteiger partial charge in [0, 0.05) is 5.56 Å². The van der Waals surface area contributed by atoms with Crippen molar-refractivity contribution in [2.45, 2.75) is 13.0 Å². The Morgan fingerprint density at radius 2 is 1.88 bits per heavy atom. The molecule has 0 saturated heterocycles. The number of nitrogens with zero attached hydrogens (tertiary/aromatic N) is 1. The lowest BCUT2D eigenvalue weighted by atomic mass is 10.1. The van der Waals surface area contributed by atoms with Gasteiger partial charge in [0.25, 0.3) is 5.91 Å². The van der Waals surface area contributed by atoms with E-state index in [1.165, 1.54) is 6.26 Å². The molecule has 0 aliphatic rings. The first-order valence-corrected chi connectivity index (χ1v) is 8.07. The highest BCUT2D eigenvalue weighted by Crippen LogP contribution is 2.28. The lowest BCUT2D eigenvalue weighted by Crippen LogP contribution is -2.26. The van der Waals surface area contributed by atoms with Gasteiger partial charge in [0.1, 0.15) is 6.26 Å². The Hall–Kier alpha value is -2.30. The van der Waals surface area contributed by atoms with Gasteiger partial charge in [-0.1, -0.05) is 53.5 Å². The molecule has 0 aliphatic carbocycles. The van der Waals surface area contributed by atoms with Crippen LogP contribution in [0.3, 0.4) is 0 Å². The number of aromatic nitrogens is 1. The van der Waals surface area contributed by atoms with Gasteiger partial charge < -0.3 is 9.73 Å². The quantitative estimate of drug-likeness (QED) is 0.700. The highest BCUT2D eigenvalue weighted by molar-refractivity contribution is 6.42. The second-order valence-corrected chi connectivity index (χ2v) is 6.09. The topological polar surface area (TPSA) is 55.1 Å². The SMILES string of the molecule is CC(NC(=O)c1coc(-c2ccc(Cl)c(Cl)c2)n1)c1ccccc1. The third kappa shape index (κ3) is 3.61. The molecule has 24 heavy (non-hydrogen) atoms. The van der Waals surface area contributed by atoms with Crippen LogP contribution in [-0.2, 0) is 0 Å². The van der Waals surface area contributed by atoms with Crippen LogP contribution in [0.15, 0.2) is 59.2 Å². The van der Waals surface area contributed by atoms with Gasteiger partial charge >= 0.3 is 0 Å². The molecule has 6 heteroatoms. The minimum absolute atomic E-state index is 0.135. The number of hydrogen-bond acceptors (Lipinski definition) is 3. The molecule has 3 aromatic rings. The van der Waals surface area contributed by atoms with Gasteiger partial charge in [-0.25, -0.2) is 4.98 Å². The lowest BCUT2D eigenvalue weighted by Gasteiger charge is -2.12. The van der Waals surface area contributed by atoms with E-state index in [0.29, 0.717) is 21.5 Å². The molecule has 0 aliphatic heterocycles. The third-order valence-corrected chi connectivity index (χ3v) is 4.29. The summed E-state index contributed by atoms with van der Waals surface area (Å²) >= 11 is 11.9. The van der Waals surface area contributed by atoms with Crippen LogP contribution in [-0.4, -0.2) is 10.9 Å². The van der Waals surface area contributed by atoms with Crippen molar-refractivity contribution in [3.8, 4) is 11.5 Å². The Labute approximate surface area is 149 Å². The van der Waals surface area contributed by atoms with E-state index < -0.39 is 0 Å². The number of nitrogens with one attached hydrogen (secondary N) is 1. The number of rotatable bonds is 4.